The number of carbonyl (C=O) groups is 1. The number of aromatic nitrogens is 2. The third kappa shape index (κ3) is 2.40. The number of fused-ring (bicyclic) bond motifs is 1. The van der Waals surface area contributed by atoms with Crippen molar-refractivity contribution in [2.75, 3.05) is 0 Å². The topological polar surface area (TPSA) is 73.4 Å². The van der Waals surface area contributed by atoms with Gasteiger partial charge in [0.25, 0.3) is 0 Å². The number of hydrogen-bond donors (Lipinski definition) is 1. The molecular formula is C14H22N4O2. The van der Waals surface area contributed by atoms with Gasteiger partial charge in [-0.3, -0.25) is 9.58 Å². The zero-order chi connectivity index (χ0) is 14.5. The van der Waals surface area contributed by atoms with E-state index < -0.39 is 5.60 Å². The van der Waals surface area contributed by atoms with E-state index in [2.05, 4.69) is 9.78 Å². The zero-order valence-electron chi connectivity index (χ0n) is 12.3. The van der Waals surface area contributed by atoms with Gasteiger partial charge in [0.1, 0.15) is 5.60 Å². The molecule has 6 nitrogen and oxygen atoms in total. The Balaban J connectivity index is 1.76. The van der Waals surface area contributed by atoms with E-state index in [4.69, 9.17) is 10.5 Å². The Bertz CT molecular complexity index is 540. The maximum Gasteiger partial charge on any atom is 0.410 e. The monoisotopic (exact) mass is 278 g/mol. The lowest BCUT2D eigenvalue weighted by Gasteiger charge is -2.24. The number of rotatable bonds is 2. The van der Waals surface area contributed by atoms with E-state index in [-0.39, 0.29) is 6.09 Å². The van der Waals surface area contributed by atoms with Crippen molar-refractivity contribution in [1.82, 2.24) is 14.7 Å². The van der Waals surface area contributed by atoms with Crippen molar-refractivity contribution in [3.8, 4) is 0 Å². The van der Waals surface area contributed by atoms with Crippen LogP contribution in [0.1, 0.15) is 56.6 Å². The van der Waals surface area contributed by atoms with Gasteiger partial charge in [0, 0.05) is 12.1 Å². The molecule has 1 amide bonds. The van der Waals surface area contributed by atoms with Gasteiger partial charge in [-0.25, -0.2) is 4.79 Å². The first-order valence-corrected chi connectivity index (χ1v) is 7.16. The fraction of sp³-hybridized carbons (Fsp3) is 0.714. The van der Waals surface area contributed by atoms with Gasteiger partial charge in [0.05, 0.1) is 30.5 Å². The molecule has 6 heteroatoms. The van der Waals surface area contributed by atoms with Crippen molar-refractivity contribution < 1.29 is 9.53 Å². The first-order valence-electron chi connectivity index (χ1n) is 7.16. The largest absolute Gasteiger partial charge is 0.444 e. The maximum absolute atomic E-state index is 12.1. The van der Waals surface area contributed by atoms with E-state index in [1.165, 1.54) is 12.8 Å². The van der Waals surface area contributed by atoms with Gasteiger partial charge in [-0.05, 0) is 33.6 Å². The van der Waals surface area contributed by atoms with Crippen LogP contribution in [0.3, 0.4) is 0 Å². The lowest BCUT2D eigenvalue weighted by Crippen LogP contribution is -2.33. The van der Waals surface area contributed by atoms with Crippen LogP contribution in [0.15, 0.2) is 0 Å². The van der Waals surface area contributed by atoms with Crippen LogP contribution in [0.2, 0.25) is 0 Å². The molecular weight excluding hydrogens is 256 g/mol. The van der Waals surface area contributed by atoms with Crippen molar-refractivity contribution in [1.29, 1.82) is 0 Å². The summed E-state index contributed by atoms with van der Waals surface area (Å²) < 4.78 is 7.47. The van der Waals surface area contributed by atoms with E-state index in [0.717, 1.165) is 17.0 Å². The minimum absolute atomic E-state index is 0.281. The molecule has 0 radical (unpaired) electrons. The predicted molar refractivity (Wildman–Crippen MR) is 73.9 cm³/mol. The highest BCUT2D eigenvalue weighted by Crippen LogP contribution is 2.38. The third-order valence-corrected chi connectivity index (χ3v) is 3.63. The fourth-order valence-electron chi connectivity index (χ4n) is 2.59. The second-order valence-electron chi connectivity index (χ2n) is 6.59. The Kier molecular flexibility index (Phi) is 3.01. The molecule has 2 heterocycles. The molecule has 2 aliphatic rings. The van der Waals surface area contributed by atoms with Gasteiger partial charge < -0.3 is 10.5 Å². The van der Waals surface area contributed by atoms with Crippen molar-refractivity contribution >= 4 is 6.09 Å². The van der Waals surface area contributed by atoms with Crippen LogP contribution in [-0.2, 0) is 24.4 Å². The second-order valence-corrected chi connectivity index (χ2v) is 6.59. The van der Waals surface area contributed by atoms with Gasteiger partial charge >= 0.3 is 6.09 Å². The predicted octanol–water partition coefficient (Wildman–Crippen LogP) is 1.93. The van der Waals surface area contributed by atoms with Crippen LogP contribution < -0.4 is 5.73 Å². The number of nitrogens with two attached hydrogens (primary N) is 1. The average molecular weight is 278 g/mol. The summed E-state index contributed by atoms with van der Waals surface area (Å²) in [4.78, 5) is 13.8. The van der Waals surface area contributed by atoms with Crippen LogP contribution in [0.4, 0.5) is 4.79 Å². The smallest absolute Gasteiger partial charge is 0.410 e. The molecule has 0 atom stereocenters. The highest BCUT2D eigenvalue weighted by molar-refractivity contribution is 5.69. The molecule has 1 saturated carbocycles. The Morgan fingerprint density at radius 3 is 2.65 bits per heavy atom. The van der Waals surface area contributed by atoms with E-state index in [1.54, 1.807) is 4.90 Å². The molecule has 0 saturated heterocycles. The van der Waals surface area contributed by atoms with Gasteiger partial charge in [-0.1, -0.05) is 0 Å². The summed E-state index contributed by atoms with van der Waals surface area (Å²) in [5, 5.41) is 4.64. The second kappa shape index (κ2) is 4.48. The fourth-order valence-corrected chi connectivity index (χ4v) is 2.59. The van der Waals surface area contributed by atoms with Crippen LogP contribution in [0.25, 0.3) is 0 Å². The van der Waals surface area contributed by atoms with Crippen molar-refractivity contribution in [2.45, 2.75) is 64.9 Å². The van der Waals surface area contributed by atoms with E-state index in [1.807, 2.05) is 20.8 Å². The highest BCUT2D eigenvalue weighted by Gasteiger charge is 2.35. The molecule has 0 aromatic carbocycles. The summed E-state index contributed by atoms with van der Waals surface area (Å²) >= 11 is 0. The number of amides is 1. The standard InChI is InChI=1S/C14H22N4O2/c1-14(2,3)20-13(19)17-7-10-11(8-17)16-18(9-4-5-9)12(10)6-15/h9H,4-8,15H2,1-3H3. The Labute approximate surface area is 118 Å². The molecule has 1 aromatic rings. The van der Waals surface area contributed by atoms with Crippen molar-refractivity contribution in [2.24, 2.45) is 5.73 Å². The summed E-state index contributed by atoms with van der Waals surface area (Å²) in [6.07, 6.45) is 2.09. The van der Waals surface area contributed by atoms with Crippen molar-refractivity contribution in [3.63, 3.8) is 0 Å². The Morgan fingerprint density at radius 1 is 1.40 bits per heavy atom. The van der Waals surface area contributed by atoms with E-state index in [9.17, 15) is 4.79 Å². The minimum atomic E-state index is -0.471. The van der Waals surface area contributed by atoms with Gasteiger partial charge in [-0.15, -0.1) is 0 Å². The lowest BCUT2D eigenvalue weighted by molar-refractivity contribution is 0.0238. The number of nitrogens with zero attached hydrogens (tertiary/aromatic N) is 3. The van der Waals surface area contributed by atoms with Crippen LogP contribution >= 0.6 is 0 Å². The third-order valence-electron chi connectivity index (χ3n) is 3.63. The average Bonchev–Trinajstić information content (AvgIpc) is 2.99. The van der Waals surface area contributed by atoms with Crippen LogP contribution in [0.5, 0.6) is 0 Å². The molecule has 3 rings (SSSR count). The van der Waals surface area contributed by atoms with Crippen LogP contribution in [0, 0.1) is 0 Å². The first kappa shape index (κ1) is 13.4. The summed E-state index contributed by atoms with van der Waals surface area (Å²) in [6, 6.07) is 0.522. The minimum Gasteiger partial charge on any atom is -0.444 e. The van der Waals surface area contributed by atoms with Gasteiger partial charge in [-0.2, -0.15) is 5.10 Å². The first-order chi connectivity index (χ1) is 9.39. The SMILES string of the molecule is CC(C)(C)OC(=O)N1Cc2nn(C3CC3)c(CN)c2C1. The highest BCUT2D eigenvalue weighted by atomic mass is 16.6. The number of ether oxygens (including phenoxy) is 1. The molecule has 0 unspecified atom stereocenters. The maximum atomic E-state index is 12.1. The molecule has 1 aliphatic heterocycles. The molecule has 1 fully saturated rings. The molecule has 110 valence electrons. The van der Waals surface area contributed by atoms with Crippen LogP contribution in [-0.4, -0.2) is 26.4 Å². The zero-order valence-corrected chi connectivity index (χ0v) is 12.3. The Morgan fingerprint density at radius 2 is 2.10 bits per heavy atom. The summed E-state index contributed by atoms with van der Waals surface area (Å²) in [7, 11) is 0. The molecule has 20 heavy (non-hydrogen) atoms. The van der Waals surface area contributed by atoms with Crippen molar-refractivity contribution in [3.05, 3.63) is 17.0 Å². The Hall–Kier alpha value is -1.56. The van der Waals surface area contributed by atoms with E-state index in [0.29, 0.717) is 25.7 Å². The normalized spacial score (nSPS) is 18.3. The molecule has 1 aliphatic carbocycles. The quantitative estimate of drug-likeness (QED) is 0.897. The summed E-state index contributed by atoms with van der Waals surface area (Å²) in [6.45, 7) is 7.18. The lowest BCUT2D eigenvalue weighted by atomic mass is 10.2. The number of carbonyl (C=O) groups excluding carboxylic acids is 1. The summed E-state index contributed by atoms with van der Waals surface area (Å²) in [5.41, 5.74) is 8.56. The number of hydrogen-bond acceptors (Lipinski definition) is 4. The summed E-state index contributed by atoms with van der Waals surface area (Å²) in [5.74, 6) is 0. The van der Waals surface area contributed by atoms with E-state index >= 15 is 0 Å². The van der Waals surface area contributed by atoms with Gasteiger partial charge in [0.2, 0.25) is 0 Å². The molecule has 0 spiro atoms. The van der Waals surface area contributed by atoms with Gasteiger partial charge in [0.15, 0.2) is 0 Å². The molecule has 2 N–H and O–H groups in total. The molecule has 1 aromatic heterocycles. The molecule has 0 bridgehead atoms.